The van der Waals surface area contributed by atoms with Crippen LogP contribution in [0, 0.1) is 0 Å². The van der Waals surface area contributed by atoms with Gasteiger partial charge in [-0.1, -0.05) is 0 Å². The molecule has 30 heavy (non-hydrogen) atoms. The van der Waals surface area contributed by atoms with Crippen molar-refractivity contribution in [2.75, 3.05) is 37.7 Å². The number of nitrogens with one attached hydrogen (secondary N) is 1. The highest BCUT2D eigenvalue weighted by atomic mass is 32.2. The van der Waals surface area contributed by atoms with Gasteiger partial charge in [-0.25, -0.2) is 13.1 Å². The Morgan fingerprint density at radius 1 is 1.07 bits per heavy atom. The lowest BCUT2D eigenvalue weighted by atomic mass is 10.2. The lowest BCUT2D eigenvalue weighted by molar-refractivity contribution is -0.132. The zero-order valence-corrected chi connectivity index (χ0v) is 18.0. The molecule has 1 aromatic rings. The lowest BCUT2D eigenvalue weighted by Crippen LogP contribution is -2.32. The molecule has 0 aliphatic carbocycles. The van der Waals surface area contributed by atoms with E-state index in [0.29, 0.717) is 19.6 Å². The molecule has 0 radical (unpaired) electrons. The molecule has 2 fully saturated rings. The third-order valence-corrected chi connectivity index (χ3v) is 7.52. The van der Waals surface area contributed by atoms with Crippen LogP contribution in [0.4, 0.5) is 5.69 Å². The number of carbonyl (C=O) groups excluding carboxylic acids is 2. The Hall–Kier alpha value is -1.97. The number of fused-ring (bicyclic) bond motifs is 1. The van der Waals surface area contributed by atoms with Crippen LogP contribution in [-0.2, 0) is 30.8 Å². The van der Waals surface area contributed by atoms with Crippen LogP contribution in [0.5, 0.6) is 0 Å². The lowest BCUT2D eigenvalue weighted by Gasteiger charge is -2.19. The van der Waals surface area contributed by atoms with Gasteiger partial charge >= 0.3 is 0 Å². The van der Waals surface area contributed by atoms with E-state index in [1.165, 1.54) is 6.07 Å². The number of hydrogen-bond acceptors (Lipinski definition) is 5. The summed E-state index contributed by atoms with van der Waals surface area (Å²) in [7, 11) is -3.62. The zero-order valence-electron chi connectivity index (χ0n) is 17.1. The number of nitrogens with zero attached hydrogens (tertiary/aromatic N) is 2. The van der Waals surface area contributed by atoms with Crippen LogP contribution in [0.3, 0.4) is 0 Å². The molecule has 2 amide bonds. The normalized spacial score (nSPS) is 21.3. The first-order valence-corrected chi connectivity index (χ1v) is 12.2. The van der Waals surface area contributed by atoms with E-state index in [1.54, 1.807) is 17.0 Å². The minimum absolute atomic E-state index is 0.0408. The van der Waals surface area contributed by atoms with Crippen LogP contribution in [0.25, 0.3) is 0 Å². The van der Waals surface area contributed by atoms with E-state index >= 15 is 0 Å². The second-order valence-electron chi connectivity index (χ2n) is 8.16. The van der Waals surface area contributed by atoms with E-state index in [0.717, 1.165) is 50.0 Å². The molecule has 0 bridgehead atoms. The van der Waals surface area contributed by atoms with E-state index in [-0.39, 0.29) is 42.2 Å². The number of rotatable bonds is 7. The Balaban J connectivity index is 1.36. The maximum Gasteiger partial charge on any atom is 0.240 e. The minimum Gasteiger partial charge on any atom is -0.377 e. The third-order valence-electron chi connectivity index (χ3n) is 6.09. The Bertz CT molecular complexity index is 905. The van der Waals surface area contributed by atoms with E-state index in [4.69, 9.17) is 4.74 Å². The largest absolute Gasteiger partial charge is 0.377 e. The first kappa shape index (κ1) is 21.3. The van der Waals surface area contributed by atoms with Gasteiger partial charge in [0, 0.05) is 51.3 Å². The van der Waals surface area contributed by atoms with Crippen LogP contribution in [0.1, 0.15) is 44.1 Å². The predicted octanol–water partition coefficient (Wildman–Crippen LogP) is 1.44. The van der Waals surface area contributed by atoms with E-state index < -0.39 is 10.0 Å². The maximum absolute atomic E-state index is 12.7. The van der Waals surface area contributed by atoms with Crippen molar-refractivity contribution in [3.8, 4) is 0 Å². The summed E-state index contributed by atoms with van der Waals surface area (Å²) in [4.78, 5) is 28.6. The summed E-state index contributed by atoms with van der Waals surface area (Å²) in [6.07, 6.45) is 4.84. The number of sulfonamides is 1. The second kappa shape index (κ2) is 9.03. The molecule has 1 unspecified atom stereocenters. The quantitative estimate of drug-likeness (QED) is 0.699. The summed E-state index contributed by atoms with van der Waals surface area (Å²) in [5.74, 6) is -0.0487. The van der Waals surface area contributed by atoms with Crippen LogP contribution in [-0.4, -0.2) is 64.0 Å². The third kappa shape index (κ3) is 4.68. The molecule has 0 aromatic heterocycles. The Morgan fingerprint density at radius 3 is 2.57 bits per heavy atom. The van der Waals surface area contributed by atoms with Crippen molar-refractivity contribution in [1.82, 2.24) is 9.62 Å². The van der Waals surface area contributed by atoms with Crippen molar-refractivity contribution in [2.24, 2.45) is 0 Å². The van der Waals surface area contributed by atoms with Gasteiger partial charge in [-0.3, -0.25) is 9.59 Å². The van der Waals surface area contributed by atoms with Crippen LogP contribution in [0.15, 0.2) is 23.1 Å². The Labute approximate surface area is 177 Å². The number of benzene rings is 1. The van der Waals surface area contributed by atoms with Crippen molar-refractivity contribution < 1.29 is 22.7 Å². The summed E-state index contributed by atoms with van der Waals surface area (Å²) in [6.45, 7) is 3.04. The van der Waals surface area contributed by atoms with Gasteiger partial charge in [0.15, 0.2) is 0 Å². The number of amides is 2. The van der Waals surface area contributed by atoms with Crippen LogP contribution >= 0.6 is 0 Å². The molecule has 3 heterocycles. The summed E-state index contributed by atoms with van der Waals surface area (Å²) >= 11 is 0. The number of carbonyl (C=O) groups is 2. The monoisotopic (exact) mass is 435 g/mol. The molecule has 1 N–H and O–H groups in total. The SMILES string of the molecule is O=C(CCC(=O)N1CCc2cc(S(=O)(=O)NCC3CCCO3)ccc21)N1CCCC1. The zero-order chi connectivity index (χ0) is 21.1. The molecule has 164 valence electrons. The van der Waals surface area contributed by atoms with Gasteiger partial charge in [-0.15, -0.1) is 0 Å². The first-order chi connectivity index (χ1) is 14.4. The highest BCUT2D eigenvalue weighted by Gasteiger charge is 2.28. The Kier molecular flexibility index (Phi) is 6.40. The summed E-state index contributed by atoms with van der Waals surface area (Å²) in [5.41, 5.74) is 1.58. The van der Waals surface area contributed by atoms with Crippen molar-refractivity contribution >= 4 is 27.5 Å². The summed E-state index contributed by atoms with van der Waals surface area (Å²) in [6, 6.07) is 4.89. The molecule has 1 atom stereocenters. The van der Waals surface area contributed by atoms with Crippen molar-refractivity contribution in [3.05, 3.63) is 23.8 Å². The molecule has 2 saturated heterocycles. The van der Waals surface area contributed by atoms with E-state index in [2.05, 4.69) is 4.72 Å². The molecular weight excluding hydrogens is 406 g/mol. The van der Waals surface area contributed by atoms with Gasteiger partial charge < -0.3 is 14.5 Å². The smallest absolute Gasteiger partial charge is 0.240 e. The molecule has 4 rings (SSSR count). The van der Waals surface area contributed by atoms with Gasteiger partial charge in [-0.05, 0) is 55.9 Å². The molecule has 1 aromatic carbocycles. The number of ether oxygens (including phenoxy) is 1. The fraction of sp³-hybridized carbons (Fsp3) is 0.619. The minimum atomic E-state index is -3.62. The molecular formula is C21H29N3O5S. The van der Waals surface area contributed by atoms with E-state index in [9.17, 15) is 18.0 Å². The fourth-order valence-electron chi connectivity index (χ4n) is 4.37. The molecule has 0 spiro atoms. The van der Waals surface area contributed by atoms with Crippen molar-refractivity contribution in [2.45, 2.75) is 55.9 Å². The first-order valence-electron chi connectivity index (χ1n) is 10.8. The Morgan fingerprint density at radius 2 is 1.83 bits per heavy atom. The molecule has 0 saturated carbocycles. The molecule has 3 aliphatic heterocycles. The summed E-state index contributed by atoms with van der Waals surface area (Å²) in [5, 5.41) is 0. The van der Waals surface area contributed by atoms with E-state index in [1.807, 2.05) is 4.90 Å². The van der Waals surface area contributed by atoms with Crippen molar-refractivity contribution in [3.63, 3.8) is 0 Å². The molecule has 9 heteroatoms. The highest BCUT2D eigenvalue weighted by molar-refractivity contribution is 7.89. The second-order valence-corrected chi connectivity index (χ2v) is 9.93. The van der Waals surface area contributed by atoms with Crippen LogP contribution in [0.2, 0.25) is 0 Å². The van der Waals surface area contributed by atoms with Crippen molar-refractivity contribution in [1.29, 1.82) is 0 Å². The highest BCUT2D eigenvalue weighted by Crippen LogP contribution is 2.31. The van der Waals surface area contributed by atoms with Gasteiger partial charge in [0.1, 0.15) is 0 Å². The topological polar surface area (TPSA) is 96.0 Å². The maximum atomic E-state index is 12.7. The van der Waals surface area contributed by atoms with Gasteiger partial charge in [0.05, 0.1) is 11.0 Å². The standard InChI is InChI=1S/C21H29N3O5S/c25-20(23-10-1-2-11-23)7-8-21(26)24-12-9-16-14-18(5-6-19(16)24)30(27,28)22-15-17-4-3-13-29-17/h5-6,14,17,22H,1-4,7-13,15H2. The summed E-state index contributed by atoms with van der Waals surface area (Å²) < 4.78 is 33.3. The average molecular weight is 436 g/mol. The molecule has 8 nitrogen and oxygen atoms in total. The van der Waals surface area contributed by atoms with Gasteiger partial charge in [0.25, 0.3) is 0 Å². The fourth-order valence-corrected chi connectivity index (χ4v) is 5.49. The number of hydrogen-bond donors (Lipinski definition) is 1. The molecule has 3 aliphatic rings. The van der Waals surface area contributed by atoms with Gasteiger partial charge in [0.2, 0.25) is 21.8 Å². The van der Waals surface area contributed by atoms with Gasteiger partial charge in [-0.2, -0.15) is 0 Å². The predicted molar refractivity (Wildman–Crippen MR) is 112 cm³/mol. The number of likely N-dealkylation sites (tertiary alicyclic amines) is 1. The number of anilines is 1. The van der Waals surface area contributed by atoms with Crippen LogP contribution < -0.4 is 9.62 Å². The average Bonchev–Trinajstić information content (AvgIpc) is 3.51.